The third kappa shape index (κ3) is 1.95. The quantitative estimate of drug-likeness (QED) is 0.317. The van der Waals surface area contributed by atoms with Crippen LogP contribution in [-0.2, 0) is 4.79 Å². The van der Waals surface area contributed by atoms with Gasteiger partial charge in [-0.15, -0.1) is 0 Å². The molecule has 5 N–H and O–H groups in total. The van der Waals surface area contributed by atoms with Crippen LogP contribution >= 0.6 is 0 Å². The number of benzene rings is 1. The molecule has 0 unspecified atom stereocenters. The molecule has 0 saturated heterocycles. The predicted molar refractivity (Wildman–Crippen MR) is 50.9 cm³/mol. The van der Waals surface area contributed by atoms with Crippen molar-refractivity contribution in [3.8, 4) is 11.5 Å². The number of hydrogen-bond acceptors (Lipinski definition) is 4. The van der Waals surface area contributed by atoms with E-state index in [0.717, 1.165) is 6.08 Å². The molecule has 0 saturated carbocycles. The van der Waals surface area contributed by atoms with Gasteiger partial charge in [0.05, 0.1) is 5.69 Å². The standard InChI is InChI=1S/C9H9NO4/c10-8-5(2-4-7(12)13)1-3-6(11)9(8)14/h1-4,11,14H,10H2,(H,12,13). The van der Waals surface area contributed by atoms with E-state index in [2.05, 4.69) is 0 Å². The van der Waals surface area contributed by atoms with Gasteiger partial charge in [0.1, 0.15) is 0 Å². The molecule has 1 aromatic carbocycles. The van der Waals surface area contributed by atoms with E-state index in [1.54, 1.807) is 0 Å². The van der Waals surface area contributed by atoms with Gasteiger partial charge in [-0.3, -0.25) is 0 Å². The van der Waals surface area contributed by atoms with Crippen LogP contribution in [0.25, 0.3) is 6.08 Å². The van der Waals surface area contributed by atoms with Crippen LogP contribution in [-0.4, -0.2) is 21.3 Å². The molecule has 0 amide bonds. The van der Waals surface area contributed by atoms with E-state index >= 15 is 0 Å². The first kappa shape index (κ1) is 9.91. The number of nitrogens with two attached hydrogens (primary N) is 1. The molecule has 0 fully saturated rings. The number of carbonyl (C=O) groups is 1. The summed E-state index contributed by atoms with van der Waals surface area (Å²) in [5.41, 5.74) is 5.70. The molecule has 14 heavy (non-hydrogen) atoms. The Morgan fingerprint density at radius 3 is 2.57 bits per heavy atom. The third-order valence-electron chi connectivity index (χ3n) is 1.63. The van der Waals surface area contributed by atoms with Crippen LogP contribution in [0, 0.1) is 0 Å². The highest BCUT2D eigenvalue weighted by Gasteiger charge is 2.06. The van der Waals surface area contributed by atoms with Gasteiger partial charge in [0, 0.05) is 11.6 Å². The van der Waals surface area contributed by atoms with Crippen molar-refractivity contribution in [3.63, 3.8) is 0 Å². The molecular weight excluding hydrogens is 186 g/mol. The fourth-order valence-electron chi connectivity index (χ4n) is 0.919. The summed E-state index contributed by atoms with van der Waals surface area (Å²) in [5, 5.41) is 26.6. The van der Waals surface area contributed by atoms with E-state index < -0.39 is 11.7 Å². The first-order valence-electron chi connectivity index (χ1n) is 3.73. The van der Waals surface area contributed by atoms with Crippen molar-refractivity contribution in [3.05, 3.63) is 23.8 Å². The number of nitrogen functional groups attached to an aromatic ring is 1. The maximum Gasteiger partial charge on any atom is 0.328 e. The fourth-order valence-corrected chi connectivity index (χ4v) is 0.919. The second-order valence-corrected chi connectivity index (χ2v) is 2.61. The minimum Gasteiger partial charge on any atom is -0.504 e. The highest BCUT2D eigenvalue weighted by atomic mass is 16.4. The Kier molecular flexibility index (Phi) is 2.62. The van der Waals surface area contributed by atoms with Crippen molar-refractivity contribution >= 4 is 17.7 Å². The van der Waals surface area contributed by atoms with E-state index in [1.807, 2.05) is 0 Å². The molecule has 1 aromatic rings. The fraction of sp³-hybridized carbons (Fsp3) is 0. The van der Waals surface area contributed by atoms with E-state index in [0.29, 0.717) is 5.56 Å². The SMILES string of the molecule is Nc1c(C=CC(=O)O)ccc(O)c1O. The van der Waals surface area contributed by atoms with Gasteiger partial charge in [-0.1, -0.05) is 0 Å². The molecule has 0 aliphatic heterocycles. The van der Waals surface area contributed by atoms with Gasteiger partial charge in [-0.05, 0) is 18.2 Å². The van der Waals surface area contributed by atoms with E-state index in [9.17, 15) is 9.90 Å². The Bertz CT molecular complexity index is 398. The average Bonchev–Trinajstić information content (AvgIpc) is 2.13. The zero-order chi connectivity index (χ0) is 10.7. The first-order chi connectivity index (χ1) is 6.52. The lowest BCUT2D eigenvalue weighted by Gasteiger charge is -2.04. The smallest absolute Gasteiger partial charge is 0.328 e. The van der Waals surface area contributed by atoms with Crippen molar-refractivity contribution < 1.29 is 20.1 Å². The number of carboxylic acids is 1. The molecule has 5 nitrogen and oxygen atoms in total. The van der Waals surface area contributed by atoms with Gasteiger partial charge in [0.25, 0.3) is 0 Å². The normalized spacial score (nSPS) is 10.6. The van der Waals surface area contributed by atoms with E-state index in [1.165, 1.54) is 18.2 Å². The molecule has 0 aliphatic rings. The van der Waals surface area contributed by atoms with Crippen LogP contribution in [0.4, 0.5) is 5.69 Å². The molecule has 0 spiro atoms. The summed E-state index contributed by atoms with van der Waals surface area (Å²) in [6.45, 7) is 0. The third-order valence-corrected chi connectivity index (χ3v) is 1.63. The number of rotatable bonds is 2. The lowest BCUT2D eigenvalue weighted by atomic mass is 10.1. The number of aromatic hydroxyl groups is 2. The van der Waals surface area contributed by atoms with Gasteiger partial charge in [0.15, 0.2) is 11.5 Å². The number of anilines is 1. The molecule has 0 aromatic heterocycles. The molecule has 74 valence electrons. The summed E-state index contributed by atoms with van der Waals surface area (Å²) in [6.07, 6.45) is 2.12. The molecule has 5 heteroatoms. The lowest BCUT2D eigenvalue weighted by Crippen LogP contribution is -1.91. The second kappa shape index (κ2) is 3.69. The molecular formula is C9H9NO4. The molecule has 0 atom stereocenters. The topological polar surface area (TPSA) is 104 Å². The molecule has 0 heterocycles. The molecule has 0 bridgehead atoms. The van der Waals surface area contributed by atoms with Gasteiger partial charge >= 0.3 is 5.97 Å². The number of phenolic OH excluding ortho intramolecular Hbond substituents is 2. The number of phenols is 2. The average molecular weight is 195 g/mol. The molecule has 0 radical (unpaired) electrons. The Balaban J connectivity index is 3.12. The van der Waals surface area contributed by atoms with Crippen molar-refractivity contribution in [2.45, 2.75) is 0 Å². The van der Waals surface area contributed by atoms with Crippen LogP contribution in [0.3, 0.4) is 0 Å². The zero-order valence-corrected chi connectivity index (χ0v) is 7.14. The van der Waals surface area contributed by atoms with Crippen LogP contribution in [0.2, 0.25) is 0 Å². The highest BCUT2D eigenvalue weighted by Crippen LogP contribution is 2.33. The summed E-state index contributed by atoms with van der Waals surface area (Å²) in [4.78, 5) is 10.2. The molecule has 0 aliphatic carbocycles. The van der Waals surface area contributed by atoms with Gasteiger partial charge in [-0.25, -0.2) is 4.79 Å². The summed E-state index contributed by atoms with van der Waals surface area (Å²) < 4.78 is 0. The van der Waals surface area contributed by atoms with Crippen molar-refractivity contribution in [1.82, 2.24) is 0 Å². The van der Waals surface area contributed by atoms with Crippen LogP contribution in [0.15, 0.2) is 18.2 Å². The summed E-state index contributed by atoms with van der Waals surface area (Å²) in [7, 11) is 0. The lowest BCUT2D eigenvalue weighted by molar-refractivity contribution is -0.131. The van der Waals surface area contributed by atoms with E-state index in [4.69, 9.17) is 15.9 Å². The maximum atomic E-state index is 10.2. The molecule has 1 rings (SSSR count). The van der Waals surface area contributed by atoms with Crippen LogP contribution < -0.4 is 5.73 Å². The maximum absolute atomic E-state index is 10.2. The summed E-state index contributed by atoms with van der Waals surface area (Å²) >= 11 is 0. The minimum absolute atomic E-state index is 0.0532. The summed E-state index contributed by atoms with van der Waals surface area (Å²) in [5.74, 6) is -1.90. The Hall–Kier alpha value is -2.17. The largest absolute Gasteiger partial charge is 0.504 e. The Morgan fingerprint density at radius 2 is 2.00 bits per heavy atom. The van der Waals surface area contributed by atoms with Gasteiger partial charge in [-0.2, -0.15) is 0 Å². The van der Waals surface area contributed by atoms with Crippen molar-refractivity contribution in [2.75, 3.05) is 5.73 Å². The summed E-state index contributed by atoms with van der Waals surface area (Å²) in [6, 6.07) is 2.64. The minimum atomic E-state index is -1.11. The second-order valence-electron chi connectivity index (χ2n) is 2.61. The predicted octanol–water partition coefficient (Wildman–Crippen LogP) is 0.778. The van der Waals surface area contributed by atoms with Gasteiger partial charge < -0.3 is 21.1 Å². The number of aliphatic carboxylic acids is 1. The van der Waals surface area contributed by atoms with Crippen LogP contribution in [0.5, 0.6) is 11.5 Å². The van der Waals surface area contributed by atoms with Crippen LogP contribution in [0.1, 0.15) is 5.56 Å². The highest BCUT2D eigenvalue weighted by molar-refractivity contribution is 5.87. The Labute approximate surface area is 79.7 Å². The van der Waals surface area contributed by atoms with Crippen molar-refractivity contribution in [1.29, 1.82) is 0 Å². The number of hydrogen-bond donors (Lipinski definition) is 4. The Morgan fingerprint density at radius 1 is 1.36 bits per heavy atom. The van der Waals surface area contributed by atoms with E-state index in [-0.39, 0.29) is 11.4 Å². The zero-order valence-electron chi connectivity index (χ0n) is 7.14. The first-order valence-corrected chi connectivity index (χ1v) is 3.73. The van der Waals surface area contributed by atoms with Gasteiger partial charge in [0.2, 0.25) is 0 Å². The van der Waals surface area contributed by atoms with Crippen molar-refractivity contribution in [2.24, 2.45) is 0 Å². The number of carboxylic acid groups (broad SMARTS) is 1. The monoisotopic (exact) mass is 195 g/mol.